The largest absolute Gasteiger partial charge is 0.508 e. The number of rotatable bonds is 15. The Labute approximate surface area is 271 Å². The summed E-state index contributed by atoms with van der Waals surface area (Å²) in [5.41, 5.74) is 2.51. The van der Waals surface area contributed by atoms with E-state index in [4.69, 9.17) is 18.9 Å². The van der Waals surface area contributed by atoms with Gasteiger partial charge in [-0.2, -0.15) is 0 Å². The average Bonchev–Trinajstić information content (AvgIpc) is 3.09. The molecule has 0 aromatic heterocycles. The van der Waals surface area contributed by atoms with E-state index in [9.17, 15) is 24.0 Å². The average molecular weight is 641 g/mol. The summed E-state index contributed by atoms with van der Waals surface area (Å²) in [5.74, 6) is -0.736. The maximum atomic E-state index is 12.9. The summed E-state index contributed by atoms with van der Waals surface area (Å²) in [6.45, 7) is 1.05. The number of aldehydes is 1. The van der Waals surface area contributed by atoms with Crippen molar-refractivity contribution in [2.24, 2.45) is 0 Å². The van der Waals surface area contributed by atoms with Crippen LogP contribution in [0.3, 0.4) is 0 Å². The SMILES string of the molecule is CN(CCCOC(=O)OCCCCOC(=O)OCCCN1C(=O)c2cccc3cccc(c23)C1=O)c1cccc2cccc(C=O)c12. The molecule has 11 heteroatoms. The second-order valence-electron chi connectivity index (χ2n) is 11.0. The van der Waals surface area contributed by atoms with Gasteiger partial charge in [0.25, 0.3) is 11.8 Å². The first-order valence-electron chi connectivity index (χ1n) is 15.5. The molecule has 0 fully saturated rings. The number of unbranched alkanes of at least 4 members (excludes halogenated alkanes) is 1. The van der Waals surface area contributed by atoms with Crippen molar-refractivity contribution in [3.63, 3.8) is 0 Å². The summed E-state index contributed by atoms with van der Waals surface area (Å²) in [6.07, 6.45) is 0.961. The Bertz CT molecular complexity index is 1730. The van der Waals surface area contributed by atoms with Crippen molar-refractivity contribution in [2.75, 3.05) is 51.5 Å². The molecule has 1 aliphatic rings. The van der Waals surface area contributed by atoms with Crippen LogP contribution in [0.4, 0.5) is 15.3 Å². The Morgan fingerprint density at radius 3 is 1.72 bits per heavy atom. The molecule has 4 aromatic carbocycles. The van der Waals surface area contributed by atoms with Gasteiger partial charge in [-0.15, -0.1) is 0 Å². The maximum Gasteiger partial charge on any atom is 0.508 e. The predicted octanol–water partition coefficient (Wildman–Crippen LogP) is 6.40. The molecule has 0 saturated heterocycles. The van der Waals surface area contributed by atoms with Crippen molar-refractivity contribution in [1.29, 1.82) is 0 Å². The highest BCUT2D eigenvalue weighted by molar-refractivity contribution is 6.25. The number of ether oxygens (including phenoxy) is 4. The molecule has 244 valence electrons. The van der Waals surface area contributed by atoms with Crippen molar-refractivity contribution in [1.82, 2.24) is 4.90 Å². The molecule has 0 atom stereocenters. The number of amides is 2. The summed E-state index contributed by atoms with van der Waals surface area (Å²) in [7, 11) is 1.92. The number of benzene rings is 4. The number of imide groups is 1. The lowest BCUT2D eigenvalue weighted by Crippen LogP contribution is -2.41. The van der Waals surface area contributed by atoms with Crippen LogP contribution in [0.25, 0.3) is 21.5 Å². The second-order valence-corrected chi connectivity index (χ2v) is 11.0. The zero-order chi connectivity index (χ0) is 33.2. The normalized spacial score (nSPS) is 12.2. The molecule has 47 heavy (non-hydrogen) atoms. The summed E-state index contributed by atoms with van der Waals surface area (Å²) in [6, 6.07) is 22.2. The minimum absolute atomic E-state index is 0.0196. The maximum absolute atomic E-state index is 12.9. The van der Waals surface area contributed by atoms with E-state index in [-0.39, 0.29) is 51.2 Å². The Kier molecular flexibility index (Phi) is 11.0. The Morgan fingerprint density at radius 1 is 0.660 bits per heavy atom. The molecule has 5 rings (SSSR count). The summed E-state index contributed by atoms with van der Waals surface area (Å²) < 4.78 is 20.3. The van der Waals surface area contributed by atoms with Gasteiger partial charge in [-0.3, -0.25) is 19.3 Å². The zero-order valence-corrected chi connectivity index (χ0v) is 26.1. The molecule has 0 unspecified atom stereocenters. The minimum Gasteiger partial charge on any atom is -0.434 e. The van der Waals surface area contributed by atoms with Crippen molar-refractivity contribution in [2.45, 2.75) is 25.7 Å². The lowest BCUT2D eigenvalue weighted by Gasteiger charge is -2.27. The van der Waals surface area contributed by atoms with Crippen LogP contribution in [0.1, 0.15) is 56.8 Å². The summed E-state index contributed by atoms with van der Waals surface area (Å²) >= 11 is 0. The highest BCUT2D eigenvalue weighted by atomic mass is 16.7. The van der Waals surface area contributed by atoms with Gasteiger partial charge >= 0.3 is 12.3 Å². The third kappa shape index (κ3) is 7.86. The van der Waals surface area contributed by atoms with Gasteiger partial charge < -0.3 is 23.8 Å². The molecule has 0 radical (unpaired) electrons. The van der Waals surface area contributed by atoms with Crippen LogP contribution < -0.4 is 4.90 Å². The van der Waals surface area contributed by atoms with E-state index in [1.54, 1.807) is 30.3 Å². The van der Waals surface area contributed by atoms with Gasteiger partial charge in [0, 0.05) is 53.3 Å². The lowest BCUT2D eigenvalue weighted by atomic mass is 9.94. The first-order valence-corrected chi connectivity index (χ1v) is 15.5. The molecule has 2 amide bonds. The van der Waals surface area contributed by atoms with Gasteiger partial charge in [0.1, 0.15) is 0 Å². The fourth-order valence-electron chi connectivity index (χ4n) is 5.60. The number of nitrogens with zero attached hydrogens (tertiary/aromatic N) is 2. The van der Waals surface area contributed by atoms with Crippen LogP contribution in [0.2, 0.25) is 0 Å². The van der Waals surface area contributed by atoms with E-state index in [1.165, 1.54) is 4.90 Å². The Morgan fingerprint density at radius 2 is 1.15 bits per heavy atom. The first kappa shape index (κ1) is 32.9. The molecule has 0 spiro atoms. The van der Waals surface area contributed by atoms with Crippen LogP contribution in [-0.2, 0) is 18.9 Å². The van der Waals surface area contributed by atoms with Gasteiger partial charge in [-0.05, 0) is 54.7 Å². The van der Waals surface area contributed by atoms with Gasteiger partial charge in [0.15, 0.2) is 6.29 Å². The molecule has 0 aliphatic carbocycles. The standard InChI is InChI=1S/C36H36N2O9/c1-37(30-17-7-13-25-10-4-14-27(24-39)31(25)30)18-8-22-46-35(42)44-20-2-3-21-45-36(43)47-23-9-19-38-33(40)28-15-5-11-26-12-6-16-29(32(26)28)34(38)41/h4-7,10-17,24H,2-3,8-9,18-23H2,1H3. The number of fused-ring (bicyclic) bond motifs is 1. The number of hydrogen-bond acceptors (Lipinski definition) is 10. The van der Waals surface area contributed by atoms with Crippen molar-refractivity contribution in [3.8, 4) is 0 Å². The van der Waals surface area contributed by atoms with E-state index in [0.29, 0.717) is 47.9 Å². The smallest absolute Gasteiger partial charge is 0.434 e. The highest BCUT2D eigenvalue weighted by Gasteiger charge is 2.32. The Balaban J connectivity index is 0.903. The predicted molar refractivity (Wildman–Crippen MR) is 175 cm³/mol. The molecule has 11 nitrogen and oxygen atoms in total. The lowest BCUT2D eigenvalue weighted by molar-refractivity contribution is 0.0413. The number of carbonyl (C=O) groups is 5. The number of hydrogen-bond donors (Lipinski definition) is 0. The highest BCUT2D eigenvalue weighted by Crippen LogP contribution is 2.30. The van der Waals surface area contributed by atoms with E-state index in [1.807, 2.05) is 54.4 Å². The molecule has 0 N–H and O–H groups in total. The molecular formula is C36H36N2O9. The van der Waals surface area contributed by atoms with Crippen LogP contribution in [0.5, 0.6) is 0 Å². The monoisotopic (exact) mass is 640 g/mol. The third-order valence-corrected chi connectivity index (χ3v) is 7.89. The summed E-state index contributed by atoms with van der Waals surface area (Å²) in [5, 5.41) is 3.37. The fraction of sp³-hybridized carbons (Fsp3) is 0.306. The zero-order valence-electron chi connectivity index (χ0n) is 26.1. The number of carbonyl (C=O) groups excluding carboxylic acids is 5. The molecule has 1 aliphatic heterocycles. The van der Waals surface area contributed by atoms with Crippen LogP contribution in [0, 0.1) is 0 Å². The quantitative estimate of drug-likeness (QED) is 0.0623. The van der Waals surface area contributed by atoms with Gasteiger partial charge in [0.2, 0.25) is 0 Å². The second kappa shape index (κ2) is 15.7. The molecule has 4 aromatic rings. The van der Waals surface area contributed by atoms with Crippen LogP contribution >= 0.6 is 0 Å². The minimum atomic E-state index is -0.854. The molecule has 1 heterocycles. The van der Waals surface area contributed by atoms with E-state index >= 15 is 0 Å². The fourth-order valence-corrected chi connectivity index (χ4v) is 5.60. The first-order chi connectivity index (χ1) is 22.9. The van der Waals surface area contributed by atoms with Crippen molar-refractivity contribution >= 4 is 57.6 Å². The van der Waals surface area contributed by atoms with Crippen LogP contribution in [0.15, 0.2) is 72.8 Å². The van der Waals surface area contributed by atoms with E-state index < -0.39 is 12.3 Å². The van der Waals surface area contributed by atoms with Gasteiger partial charge in [-0.1, -0.05) is 54.6 Å². The topological polar surface area (TPSA) is 129 Å². The molecule has 0 saturated carbocycles. The number of anilines is 1. The van der Waals surface area contributed by atoms with Gasteiger partial charge in [0.05, 0.1) is 26.4 Å². The van der Waals surface area contributed by atoms with E-state index in [0.717, 1.165) is 28.1 Å². The van der Waals surface area contributed by atoms with Crippen molar-refractivity contribution in [3.05, 3.63) is 89.5 Å². The molecular weight excluding hydrogens is 604 g/mol. The third-order valence-electron chi connectivity index (χ3n) is 7.89. The van der Waals surface area contributed by atoms with Crippen LogP contribution in [-0.4, -0.2) is 81.9 Å². The van der Waals surface area contributed by atoms with Gasteiger partial charge in [-0.25, -0.2) is 9.59 Å². The molecule has 0 bridgehead atoms. The summed E-state index contributed by atoms with van der Waals surface area (Å²) in [4.78, 5) is 64.4. The van der Waals surface area contributed by atoms with E-state index in [2.05, 4.69) is 0 Å². The Hall–Kier alpha value is -5.45. The van der Waals surface area contributed by atoms with Crippen molar-refractivity contribution < 1.29 is 42.9 Å².